The van der Waals surface area contributed by atoms with Gasteiger partial charge in [-0.05, 0) is 30.3 Å². The normalized spacial score (nSPS) is 14.9. The molecule has 0 spiro atoms. The van der Waals surface area contributed by atoms with Crippen molar-refractivity contribution in [2.24, 2.45) is 0 Å². The van der Waals surface area contributed by atoms with E-state index in [0.29, 0.717) is 0 Å². The highest BCUT2D eigenvalue weighted by molar-refractivity contribution is 5.88. The van der Waals surface area contributed by atoms with Crippen LogP contribution in [0.3, 0.4) is 0 Å². The van der Waals surface area contributed by atoms with E-state index in [1.807, 2.05) is 18.2 Å². The number of allylic oxidation sites excluding steroid dienone is 1. The summed E-state index contributed by atoms with van der Waals surface area (Å²) in [6, 6.07) is 18.9. The van der Waals surface area contributed by atoms with Crippen LogP contribution >= 0.6 is 0 Å². The zero-order valence-corrected chi connectivity index (χ0v) is 10.4. The first-order chi connectivity index (χ1) is 9.43. The molecule has 0 atom stereocenters. The van der Waals surface area contributed by atoms with Crippen molar-refractivity contribution in [3.8, 4) is 17.0 Å². The Labute approximate surface area is 111 Å². The lowest BCUT2D eigenvalue weighted by molar-refractivity contribution is 0.476. The molecule has 1 aliphatic heterocycles. The van der Waals surface area contributed by atoms with Gasteiger partial charge in [0.05, 0.1) is 12.0 Å². The topological polar surface area (TPSA) is 14.2 Å². The molecule has 0 bridgehead atoms. The number of aromatic nitrogens is 1. The van der Waals surface area contributed by atoms with Crippen LogP contribution in [0.4, 0.5) is 0 Å². The smallest absolute Gasteiger partial charge is 0.135 e. The standard InChI is InChI=1S/C17H13NO/c1-3-8-15-13(6-1)12-16-14-7-2-4-9-17(14)19-11-5-10-18(15)16/h1-9,11-12H,10H2/b11-5-. The molecule has 0 aliphatic carbocycles. The zero-order chi connectivity index (χ0) is 12.7. The van der Waals surface area contributed by atoms with E-state index < -0.39 is 0 Å². The fourth-order valence-electron chi connectivity index (χ4n) is 2.68. The summed E-state index contributed by atoms with van der Waals surface area (Å²) in [4.78, 5) is 0. The van der Waals surface area contributed by atoms with E-state index in [1.165, 1.54) is 16.6 Å². The van der Waals surface area contributed by atoms with E-state index in [2.05, 4.69) is 47.0 Å². The second-order valence-electron chi connectivity index (χ2n) is 4.68. The monoisotopic (exact) mass is 247 g/mol. The number of para-hydroxylation sites is 2. The molecule has 0 unspecified atom stereocenters. The molecule has 0 amide bonds. The van der Waals surface area contributed by atoms with Gasteiger partial charge >= 0.3 is 0 Å². The second-order valence-corrected chi connectivity index (χ2v) is 4.68. The van der Waals surface area contributed by atoms with Crippen molar-refractivity contribution in [2.45, 2.75) is 6.54 Å². The average Bonchev–Trinajstić information content (AvgIpc) is 2.79. The van der Waals surface area contributed by atoms with Gasteiger partial charge in [0.15, 0.2) is 0 Å². The Kier molecular flexibility index (Phi) is 2.21. The predicted octanol–water partition coefficient (Wildman–Crippen LogP) is 4.21. The van der Waals surface area contributed by atoms with Gasteiger partial charge in [-0.25, -0.2) is 0 Å². The highest BCUT2D eigenvalue weighted by Crippen LogP contribution is 2.35. The maximum atomic E-state index is 5.69. The highest BCUT2D eigenvalue weighted by atomic mass is 16.5. The van der Waals surface area contributed by atoms with Crippen molar-refractivity contribution in [3.05, 3.63) is 66.9 Å². The molecule has 2 aromatic carbocycles. The first-order valence-electron chi connectivity index (χ1n) is 6.43. The zero-order valence-electron chi connectivity index (χ0n) is 10.4. The first-order valence-corrected chi connectivity index (χ1v) is 6.43. The van der Waals surface area contributed by atoms with Crippen LogP contribution in [0.1, 0.15) is 0 Å². The summed E-state index contributed by atoms with van der Waals surface area (Å²) < 4.78 is 8.01. The van der Waals surface area contributed by atoms with Gasteiger partial charge < -0.3 is 9.30 Å². The van der Waals surface area contributed by atoms with Crippen molar-refractivity contribution in [2.75, 3.05) is 0 Å². The third-order valence-electron chi connectivity index (χ3n) is 3.55. The number of fused-ring (bicyclic) bond motifs is 5. The van der Waals surface area contributed by atoms with Gasteiger partial charge in [-0.3, -0.25) is 0 Å². The molecule has 0 fully saturated rings. The molecule has 4 rings (SSSR count). The molecule has 92 valence electrons. The van der Waals surface area contributed by atoms with E-state index in [4.69, 9.17) is 4.74 Å². The number of hydrogen-bond acceptors (Lipinski definition) is 1. The number of benzene rings is 2. The van der Waals surface area contributed by atoms with Gasteiger partial charge in [-0.15, -0.1) is 0 Å². The van der Waals surface area contributed by atoms with Gasteiger partial charge in [0.25, 0.3) is 0 Å². The molecule has 2 nitrogen and oxygen atoms in total. The Morgan fingerprint density at radius 2 is 1.79 bits per heavy atom. The second kappa shape index (κ2) is 4.02. The van der Waals surface area contributed by atoms with E-state index in [9.17, 15) is 0 Å². The van der Waals surface area contributed by atoms with Crippen molar-refractivity contribution in [1.29, 1.82) is 0 Å². The van der Waals surface area contributed by atoms with Crippen LogP contribution in [0.2, 0.25) is 0 Å². The quantitative estimate of drug-likeness (QED) is 0.580. The van der Waals surface area contributed by atoms with Crippen LogP contribution in [0, 0.1) is 0 Å². The van der Waals surface area contributed by atoms with Gasteiger partial charge in [0.1, 0.15) is 5.75 Å². The number of ether oxygens (including phenoxy) is 1. The van der Waals surface area contributed by atoms with Crippen LogP contribution in [0.25, 0.3) is 22.2 Å². The van der Waals surface area contributed by atoms with Gasteiger partial charge in [-0.2, -0.15) is 0 Å². The molecule has 1 aliphatic rings. The lowest BCUT2D eigenvalue weighted by Gasteiger charge is -2.14. The summed E-state index contributed by atoms with van der Waals surface area (Å²) in [6.45, 7) is 0.831. The fraction of sp³-hybridized carbons (Fsp3) is 0.0588. The molecule has 0 radical (unpaired) electrons. The molecular weight excluding hydrogens is 234 g/mol. The van der Waals surface area contributed by atoms with Crippen LogP contribution in [0.5, 0.6) is 5.75 Å². The molecule has 2 heteroatoms. The SMILES string of the molecule is C1=C\Oc2ccccc2-c2cc3ccccc3n2C/1. The van der Waals surface area contributed by atoms with Crippen LogP contribution in [0.15, 0.2) is 66.9 Å². The molecule has 2 heterocycles. The Bertz CT molecular complexity index is 783. The fourth-order valence-corrected chi connectivity index (χ4v) is 2.68. The minimum absolute atomic E-state index is 0.831. The van der Waals surface area contributed by atoms with Crippen molar-refractivity contribution in [3.63, 3.8) is 0 Å². The van der Waals surface area contributed by atoms with Gasteiger partial charge in [-0.1, -0.05) is 30.3 Å². The number of hydrogen-bond donors (Lipinski definition) is 0. The van der Waals surface area contributed by atoms with E-state index >= 15 is 0 Å². The third-order valence-corrected chi connectivity index (χ3v) is 3.55. The Morgan fingerprint density at radius 1 is 0.947 bits per heavy atom. The van der Waals surface area contributed by atoms with Crippen LogP contribution < -0.4 is 4.74 Å². The molecule has 3 aromatic rings. The maximum absolute atomic E-state index is 5.69. The Balaban J connectivity index is 2.09. The van der Waals surface area contributed by atoms with Crippen molar-refractivity contribution in [1.82, 2.24) is 4.57 Å². The minimum Gasteiger partial charge on any atom is -0.465 e. The van der Waals surface area contributed by atoms with Crippen LogP contribution in [-0.2, 0) is 6.54 Å². The summed E-state index contributed by atoms with van der Waals surface area (Å²) in [5, 5.41) is 1.27. The summed E-state index contributed by atoms with van der Waals surface area (Å²) in [6.07, 6.45) is 3.82. The lowest BCUT2D eigenvalue weighted by Crippen LogP contribution is -2.01. The van der Waals surface area contributed by atoms with Crippen LogP contribution in [-0.4, -0.2) is 4.57 Å². The highest BCUT2D eigenvalue weighted by Gasteiger charge is 2.14. The predicted molar refractivity (Wildman–Crippen MR) is 77.1 cm³/mol. The molecule has 0 saturated carbocycles. The Hall–Kier alpha value is -2.48. The van der Waals surface area contributed by atoms with E-state index in [0.717, 1.165) is 17.9 Å². The summed E-state index contributed by atoms with van der Waals surface area (Å²) in [5.74, 6) is 0.905. The van der Waals surface area contributed by atoms with Crippen molar-refractivity contribution >= 4 is 10.9 Å². The molecule has 1 aromatic heterocycles. The Morgan fingerprint density at radius 3 is 2.79 bits per heavy atom. The maximum Gasteiger partial charge on any atom is 0.135 e. The summed E-state index contributed by atoms with van der Waals surface area (Å²) in [5.41, 5.74) is 3.61. The molecule has 0 N–H and O–H groups in total. The summed E-state index contributed by atoms with van der Waals surface area (Å²) >= 11 is 0. The first kappa shape index (κ1) is 10.4. The largest absolute Gasteiger partial charge is 0.465 e. The number of rotatable bonds is 0. The average molecular weight is 247 g/mol. The molecular formula is C17H13NO. The van der Waals surface area contributed by atoms with Crippen molar-refractivity contribution < 1.29 is 4.74 Å². The van der Waals surface area contributed by atoms with E-state index in [-0.39, 0.29) is 0 Å². The molecule has 0 saturated heterocycles. The lowest BCUT2D eigenvalue weighted by atomic mass is 10.1. The number of nitrogens with zero attached hydrogens (tertiary/aromatic N) is 1. The third kappa shape index (κ3) is 1.57. The van der Waals surface area contributed by atoms with E-state index in [1.54, 1.807) is 6.26 Å². The van der Waals surface area contributed by atoms with Gasteiger partial charge in [0.2, 0.25) is 0 Å². The summed E-state index contributed by atoms with van der Waals surface area (Å²) in [7, 11) is 0. The minimum atomic E-state index is 0.831. The van der Waals surface area contributed by atoms with Gasteiger partial charge in [0, 0.05) is 23.0 Å². The molecule has 19 heavy (non-hydrogen) atoms.